The van der Waals surface area contributed by atoms with Gasteiger partial charge in [0, 0.05) is 50.0 Å². The van der Waals surface area contributed by atoms with E-state index in [0.717, 1.165) is 49.5 Å². The molecule has 0 fully saturated rings. The molecule has 0 saturated carbocycles. The first-order valence-corrected chi connectivity index (χ1v) is 12.0. The molecule has 0 unspecified atom stereocenters. The first kappa shape index (κ1) is 20.7. The second-order valence-corrected chi connectivity index (χ2v) is 9.24. The molecule has 6 heteroatoms. The number of carbonyl (C=O) groups excluding carboxylic acids is 1. The molecule has 0 bridgehead atoms. The second kappa shape index (κ2) is 8.47. The number of hydrogen-bond donors (Lipinski definition) is 3. The lowest BCUT2D eigenvalue weighted by molar-refractivity contribution is 0.0949. The quantitative estimate of drug-likeness (QED) is 0.245. The maximum Gasteiger partial charge on any atom is 0.269 e. The molecule has 5 nitrogen and oxygen atoms in total. The molecule has 3 N–H and O–H groups in total. The van der Waals surface area contributed by atoms with Crippen molar-refractivity contribution in [2.24, 2.45) is 0 Å². The summed E-state index contributed by atoms with van der Waals surface area (Å²) >= 11 is 3.50. The highest BCUT2D eigenvalue weighted by Gasteiger charge is 2.17. The molecule has 0 aliphatic rings. The zero-order valence-corrected chi connectivity index (χ0v) is 19.8. The van der Waals surface area contributed by atoms with Crippen molar-refractivity contribution in [1.29, 1.82) is 0 Å². The Hall–Kier alpha value is -3.90. The number of pyridine rings is 1. The molecule has 0 spiro atoms. The van der Waals surface area contributed by atoms with E-state index in [1.807, 2.05) is 66.9 Å². The van der Waals surface area contributed by atoms with Gasteiger partial charge in [0.1, 0.15) is 5.69 Å². The summed E-state index contributed by atoms with van der Waals surface area (Å²) in [5.74, 6) is -0.176. The Bertz CT molecular complexity index is 1660. The summed E-state index contributed by atoms with van der Waals surface area (Å²) in [6, 6.07) is 26.2. The van der Waals surface area contributed by atoms with Crippen molar-refractivity contribution in [3.63, 3.8) is 0 Å². The van der Waals surface area contributed by atoms with Crippen LogP contribution in [0, 0.1) is 0 Å². The fraction of sp³-hybridized carbons (Fsp3) is 0.0714. The van der Waals surface area contributed by atoms with Gasteiger partial charge in [-0.15, -0.1) is 0 Å². The molecule has 3 heterocycles. The molecule has 166 valence electrons. The van der Waals surface area contributed by atoms with Gasteiger partial charge >= 0.3 is 0 Å². The van der Waals surface area contributed by atoms with E-state index in [-0.39, 0.29) is 5.91 Å². The average Bonchev–Trinajstić information content (AvgIpc) is 3.45. The van der Waals surface area contributed by atoms with Crippen LogP contribution in [0.25, 0.3) is 44.0 Å². The van der Waals surface area contributed by atoms with Crippen LogP contribution in [0.3, 0.4) is 0 Å². The van der Waals surface area contributed by atoms with Crippen molar-refractivity contribution in [2.75, 3.05) is 6.54 Å². The summed E-state index contributed by atoms with van der Waals surface area (Å²) < 4.78 is 0.996. The van der Waals surface area contributed by atoms with Gasteiger partial charge in [-0.2, -0.15) is 0 Å². The number of aromatic nitrogens is 3. The smallest absolute Gasteiger partial charge is 0.269 e. The lowest BCUT2D eigenvalue weighted by Crippen LogP contribution is -2.26. The lowest BCUT2D eigenvalue weighted by Gasteiger charge is -2.09. The van der Waals surface area contributed by atoms with Gasteiger partial charge in [0.25, 0.3) is 5.91 Å². The first-order valence-electron chi connectivity index (χ1n) is 11.2. The molecule has 0 atom stereocenters. The van der Waals surface area contributed by atoms with Gasteiger partial charge in [0.05, 0.1) is 11.2 Å². The van der Waals surface area contributed by atoms with Crippen LogP contribution in [-0.4, -0.2) is 27.4 Å². The molecule has 3 aromatic heterocycles. The molecule has 0 saturated heterocycles. The van der Waals surface area contributed by atoms with Crippen LogP contribution in [-0.2, 0) is 6.42 Å². The van der Waals surface area contributed by atoms with E-state index in [1.165, 1.54) is 10.9 Å². The van der Waals surface area contributed by atoms with Crippen LogP contribution in [0.15, 0.2) is 89.5 Å². The van der Waals surface area contributed by atoms with Gasteiger partial charge in [-0.1, -0.05) is 64.5 Å². The standard InChI is InChI=1S/C28H21BrN4O/c29-19-11-9-17(10-12-19)26-27-22(21-6-2-4-8-24(21)32-27)15-25(33-26)28(34)30-14-13-18-16-31-23-7-3-1-5-20(18)23/h1-12,15-16,31-32H,13-14H2,(H,30,34). The number of nitrogens with one attached hydrogen (secondary N) is 3. The largest absolute Gasteiger partial charge is 0.361 e. The van der Waals surface area contributed by atoms with Crippen LogP contribution in [0.5, 0.6) is 0 Å². The van der Waals surface area contributed by atoms with Crippen LogP contribution < -0.4 is 5.32 Å². The van der Waals surface area contributed by atoms with E-state index in [4.69, 9.17) is 4.98 Å². The minimum absolute atomic E-state index is 0.176. The number of carbonyl (C=O) groups is 1. The van der Waals surface area contributed by atoms with Crippen molar-refractivity contribution < 1.29 is 4.79 Å². The summed E-state index contributed by atoms with van der Waals surface area (Å²) in [6.07, 6.45) is 2.75. The third-order valence-electron chi connectivity index (χ3n) is 6.20. The number of para-hydroxylation sites is 2. The van der Waals surface area contributed by atoms with Crippen molar-refractivity contribution in [3.05, 3.63) is 101 Å². The lowest BCUT2D eigenvalue weighted by atomic mass is 10.1. The van der Waals surface area contributed by atoms with Crippen LogP contribution in [0.4, 0.5) is 0 Å². The minimum atomic E-state index is -0.176. The molecule has 6 rings (SSSR count). The molecule has 0 aliphatic heterocycles. The highest BCUT2D eigenvalue weighted by atomic mass is 79.9. The maximum absolute atomic E-state index is 13.2. The predicted molar refractivity (Wildman–Crippen MR) is 141 cm³/mol. The first-order chi connectivity index (χ1) is 16.7. The van der Waals surface area contributed by atoms with Gasteiger partial charge in [-0.25, -0.2) is 4.98 Å². The summed E-state index contributed by atoms with van der Waals surface area (Å²) in [6.45, 7) is 0.530. The van der Waals surface area contributed by atoms with E-state index < -0.39 is 0 Å². The third kappa shape index (κ3) is 3.66. The van der Waals surface area contributed by atoms with E-state index in [0.29, 0.717) is 12.2 Å². The Labute approximate surface area is 204 Å². The Kier molecular flexibility index (Phi) is 5.15. The number of fused-ring (bicyclic) bond motifs is 4. The number of nitrogens with zero attached hydrogens (tertiary/aromatic N) is 1. The molecule has 6 aromatic rings. The predicted octanol–water partition coefficient (Wildman–Crippen LogP) is 6.60. The third-order valence-corrected chi connectivity index (χ3v) is 6.73. The number of amides is 1. The van der Waals surface area contributed by atoms with Crippen LogP contribution >= 0.6 is 15.9 Å². The summed E-state index contributed by atoms with van der Waals surface area (Å²) in [4.78, 5) is 24.8. The Morgan fingerprint density at radius 3 is 2.44 bits per heavy atom. The molecule has 0 radical (unpaired) electrons. The average molecular weight is 509 g/mol. The minimum Gasteiger partial charge on any atom is -0.361 e. The van der Waals surface area contributed by atoms with Crippen molar-refractivity contribution >= 4 is 54.5 Å². The van der Waals surface area contributed by atoms with Crippen molar-refractivity contribution in [1.82, 2.24) is 20.3 Å². The Morgan fingerprint density at radius 1 is 0.882 bits per heavy atom. The fourth-order valence-corrected chi connectivity index (χ4v) is 4.78. The van der Waals surface area contributed by atoms with Crippen LogP contribution in [0.1, 0.15) is 16.1 Å². The molecule has 0 aliphatic carbocycles. The zero-order chi connectivity index (χ0) is 23.1. The Morgan fingerprint density at radius 2 is 1.62 bits per heavy atom. The van der Waals surface area contributed by atoms with E-state index in [1.54, 1.807) is 0 Å². The fourth-order valence-electron chi connectivity index (χ4n) is 4.52. The van der Waals surface area contributed by atoms with E-state index in [2.05, 4.69) is 49.4 Å². The number of H-pyrrole nitrogens is 2. The summed E-state index contributed by atoms with van der Waals surface area (Å²) in [5.41, 5.74) is 6.37. The number of halogens is 1. The number of rotatable bonds is 5. The van der Waals surface area contributed by atoms with Crippen molar-refractivity contribution in [3.8, 4) is 11.3 Å². The molecular weight excluding hydrogens is 488 g/mol. The van der Waals surface area contributed by atoms with Gasteiger partial charge < -0.3 is 15.3 Å². The number of benzene rings is 3. The van der Waals surface area contributed by atoms with Crippen LogP contribution in [0.2, 0.25) is 0 Å². The highest BCUT2D eigenvalue weighted by Crippen LogP contribution is 2.33. The topological polar surface area (TPSA) is 73.6 Å². The molecule has 1 amide bonds. The van der Waals surface area contributed by atoms with E-state index in [9.17, 15) is 4.79 Å². The number of aromatic amines is 2. The molecular formula is C28H21BrN4O. The van der Waals surface area contributed by atoms with Gasteiger partial charge in [0.2, 0.25) is 0 Å². The summed E-state index contributed by atoms with van der Waals surface area (Å²) in [7, 11) is 0. The maximum atomic E-state index is 13.2. The highest BCUT2D eigenvalue weighted by molar-refractivity contribution is 9.10. The molecule has 3 aromatic carbocycles. The monoisotopic (exact) mass is 508 g/mol. The summed E-state index contributed by atoms with van der Waals surface area (Å²) in [5, 5.41) is 6.32. The van der Waals surface area contributed by atoms with Crippen molar-refractivity contribution in [2.45, 2.75) is 6.42 Å². The SMILES string of the molecule is O=C(NCCc1c[nH]c2ccccc12)c1cc2c([nH]c3ccccc32)c(-c2ccc(Br)cc2)n1. The molecule has 34 heavy (non-hydrogen) atoms. The van der Waals surface area contributed by atoms with E-state index >= 15 is 0 Å². The normalized spacial score (nSPS) is 11.4. The number of hydrogen-bond acceptors (Lipinski definition) is 2. The zero-order valence-electron chi connectivity index (χ0n) is 18.2. The van der Waals surface area contributed by atoms with Gasteiger partial charge in [0.15, 0.2) is 0 Å². The Balaban J connectivity index is 1.34. The van der Waals surface area contributed by atoms with Gasteiger partial charge in [-0.3, -0.25) is 4.79 Å². The second-order valence-electron chi connectivity index (χ2n) is 8.32. The van der Waals surface area contributed by atoms with Gasteiger partial charge in [-0.05, 0) is 42.3 Å².